The smallest absolute Gasteiger partial charge is 0.169 e. The molecule has 0 fully saturated rings. The van der Waals surface area contributed by atoms with Crippen LogP contribution in [-0.2, 0) is 13.2 Å². The van der Waals surface area contributed by atoms with E-state index in [0.717, 1.165) is 50.8 Å². The number of unbranched alkanes of at least 4 members (excludes halogenated alkanes) is 7. The van der Waals surface area contributed by atoms with Gasteiger partial charge < -0.3 is 9.47 Å². The van der Waals surface area contributed by atoms with E-state index in [0.29, 0.717) is 18.6 Å². The van der Waals surface area contributed by atoms with Crippen LogP contribution in [0.4, 0.5) is 0 Å². The highest BCUT2D eigenvalue weighted by molar-refractivity contribution is 6.02. The molecule has 2 heteroatoms. The molecule has 0 atom stereocenters. The van der Waals surface area contributed by atoms with Crippen LogP contribution in [-0.4, -0.2) is 0 Å². The molecule has 0 saturated carbocycles. The topological polar surface area (TPSA) is 18.5 Å². The summed E-state index contributed by atoms with van der Waals surface area (Å²) in [5.74, 6) is 8.38. The minimum Gasteiger partial charge on any atom is -0.485 e. The van der Waals surface area contributed by atoms with Crippen molar-refractivity contribution in [2.75, 3.05) is 0 Å². The summed E-state index contributed by atoms with van der Waals surface area (Å²) < 4.78 is 12.8. The second kappa shape index (κ2) is 16.2. The Bertz CT molecular complexity index is 1700. The molecule has 5 aromatic carbocycles. The Morgan fingerprint density at radius 1 is 0.556 bits per heavy atom. The van der Waals surface area contributed by atoms with Crippen LogP contribution >= 0.6 is 0 Å². The van der Waals surface area contributed by atoms with Gasteiger partial charge in [0, 0.05) is 17.4 Å². The molecular weight excluding hydrogens is 548 g/mol. The third-order valence-corrected chi connectivity index (χ3v) is 8.32. The van der Waals surface area contributed by atoms with Crippen molar-refractivity contribution in [3.05, 3.63) is 120 Å². The van der Waals surface area contributed by atoms with Crippen LogP contribution in [0.2, 0.25) is 0 Å². The van der Waals surface area contributed by atoms with Gasteiger partial charge in [-0.25, -0.2) is 0 Å². The number of fused-ring (bicyclic) bond motifs is 2. The lowest BCUT2D eigenvalue weighted by molar-refractivity contribution is 0.259. The summed E-state index contributed by atoms with van der Waals surface area (Å²) in [6, 6.07) is 35.7. The molecule has 0 saturated heterocycles. The molecule has 0 aliphatic carbocycles. The molecule has 0 aliphatic heterocycles. The molecule has 45 heavy (non-hydrogen) atoms. The van der Waals surface area contributed by atoms with E-state index in [2.05, 4.69) is 93.3 Å². The van der Waals surface area contributed by atoms with Gasteiger partial charge in [-0.3, -0.25) is 0 Å². The van der Waals surface area contributed by atoms with Gasteiger partial charge in [0.15, 0.2) is 11.5 Å². The highest BCUT2D eigenvalue weighted by Crippen LogP contribution is 2.39. The standard InChI is InChI=1S/C43H48O2/c1-43(2,3)28-18-10-8-6-4-5-7-9-13-19-34-24-25-37-30-38-26-27-41(44-32-35-20-14-11-15-21-35)42(40(38)31-39(37)29-34)45-33-36-22-16-12-17-23-36/h11-12,14-17,20-27,29-31H,4-10,18,28,32-33H2,1-3H3. The summed E-state index contributed by atoms with van der Waals surface area (Å²) >= 11 is 0. The predicted molar refractivity (Wildman–Crippen MR) is 191 cm³/mol. The van der Waals surface area contributed by atoms with Crippen molar-refractivity contribution in [1.82, 2.24) is 0 Å². The Hall–Kier alpha value is -4.22. The number of benzene rings is 5. The Labute approximate surface area is 270 Å². The molecule has 2 nitrogen and oxygen atoms in total. The van der Waals surface area contributed by atoms with Crippen molar-refractivity contribution in [2.45, 2.75) is 91.8 Å². The molecule has 0 aliphatic rings. The minimum absolute atomic E-state index is 0.471. The number of hydrogen-bond donors (Lipinski definition) is 0. The summed E-state index contributed by atoms with van der Waals surface area (Å²) in [6.07, 6.45) is 11.5. The number of ether oxygens (including phenoxy) is 2. The van der Waals surface area contributed by atoms with Crippen LogP contribution in [0.1, 0.15) is 95.2 Å². The maximum Gasteiger partial charge on any atom is 0.169 e. The van der Waals surface area contributed by atoms with Crippen LogP contribution in [0, 0.1) is 17.3 Å². The van der Waals surface area contributed by atoms with E-state index in [1.807, 2.05) is 42.5 Å². The second-order valence-corrected chi connectivity index (χ2v) is 13.4. The van der Waals surface area contributed by atoms with Crippen molar-refractivity contribution >= 4 is 21.5 Å². The molecule has 0 heterocycles. The lowest BCUT2D eigenvalue weighted by Crippen LogP contribution is -2.03. The van der Waals surface area contributed by atoms with E-state index in [4.69, 9.17) is 9.47 Å². The molecule has 0 aromatic heterocycles. The average Bonchev–Trinajstić information content (AvgIpc) is 3.05. The van der Waals surface area contributed by atoms with Crippen molar-refractivity contribution in [3.63, 3.8) is 0 Å². The van der Waals surface area contributed by atoms with Gasteiger partial charge in [-0.05, 0) is 75.9 Å². The first-order valence-electron chi connectivity index (χ1n) is 16.8. The first kappa shape index (κ1) is 32.2. The fourth-order valence-corrected chi connectivity index (χ4v) is 5.75. The molecule has 232 valence electrons. The lowest BCUT2D eigenvalue weighted by atomic mass is 9.89. The zero-order valence-corrected chi connectivity index (χ0v) is 27.4. The number of hydrogen-bond acceptors (Lipinski definition) is 2. The summed E-state index contributed by atoms with van der Waals surface area (Å²) in [5.41, 5.74) is 3.78. The highest BCUT2D eigenvalue weighted by atomic mass is 16.5. The minimum atomic E-state index is 0.471. The third-order valence-electron chi connectivity index (χ3n) is 8.32. The summed E-state index contributed by atoms with van der Waals surface area (Å²) in [5, 5.41) is 4.53. The van der Waals surface area contributed by atoms with Gasteiger partial charge in [-0.2, -0.15) is 0 Å². The SMILES string of the molecule is CC(C)(C)CCCCCCCCCC#Cc1ccc2cc3ccc(OCc4ccccc4)c(OCc4ccccc4)c3cc2c1. The first-order valence-corrected chi connectivity index (χ1v) is 16.8. The summed E-state index contributed by atoms with van der Waals surface area (Å²) in [7, 11) is 0. The summed E-state index contributed by atoms with van der Waals surface area (Å²) in [6.45, 7) is 7.98. The largest absolute Gasteiger partial charge is 0.485 e. The van der Waals surface area contributed by atoms with Crippen LogP contribution in [0.3, 0.4) is 0 Å². The summed E-state index contributed by atoms with van der Waals surface area (Å²) in [4.78, 5) is 0. The van der Waals surface area contributed by atoms with E-state index < -0.39 is 0 Å². The zero-order chi connectivity index (χ0) is 31.3. The first-order chi connectivity index (χ1) is 21.9. The van der Waals surface area contributed by atoms with Crippen molar-refractivity contribution in [1.29, 1.82) is 0 Å². The molecule has 5 rings (SSSR count). The highest BCUT2D eigenvalue weighted by Gasteiger charge is 2.13. The van der Waals surface area contributed by atoms with Gasteiger partial charge in [0.05, 0.1) is 0 Å². The molecule has 0 spiro atoms. The van der Waals surface area contributed by atoms with Crippen molar-refractivity contribution < 1.29 is 9.47 Å². The van der Waals surface area contributed by atoms with E-state index in [-0.39, 0.29) is 0 Å². The average molecular weight is 597 g/mol. The molecular formula is C43H48O2. The van der Waals surface area contributed by atoms with Crippen molar-refractivity contribution in [3.8, 4) is 23.3 Å². The Kier molecular flexibility index (Phi) is 11.6. The maximum atomic E-state index is 6.50. The third kappa shape index (κ3) is 10.2. The molecule has 0 N–H and O–H groups in total. The van der Waals surface area contributed by atoms with E-state index in [9.17, 15) is 0 Å². The molecule has 0 radical (unpaired) electrons. The van der Waals surface area contributed by atoms with E-state index >= 15 is 0 Å². The second-order valence-electron chi connectivity index (χ2n) is 13.4. The monoisotopic (exact) mass is 596 g/mol. The van der Waals surface area contributed by atoms with Gasteiger partial charge in [-0.15, -0.1) is 0 Å². The van der Waals surface area contributed by atoms with Gasteiger partial charge in [0.2, 0.25) is 0 Å². The molecule has 0 amide bonds. The molecule has 0 unspecified atom stereocenters. The predicted octanol–water partition coefficient (Wildman–Crippen LogP) is 12.1. The Morgan fingerprint density at radius 3 is 1.87 bits per heavy atom. The Balaban J connectivity index is 1.25. The van der Waals surface area contributed by atoms with E-state index in [1.165, 1.54) is 56.8 Å². The maximum absolute atomic E-state index is 6.50. The number of rotatable bonds is 14. The van der Waals surface area contributed by atoms with E-state index in [1.54, 1.807) is 0 Å². The van der Waals surface area contributed by atoms with Gasteiger partial charge in [0.1, 0.15) is 13.2 Å². The molecule has 5 aromatic rings. The fraction of sp³-hybridized carbons (Fsp3) is 0.349. The van der Waals surface area contributed by atoms with Crippen LogP contribution in [0.15, 0.2) is 103 Å². The fourth-order valence-electron chi connectivity index (χ4n) is 5.75. The Morgan fingerprint density at radius 2 is 1.18 bits per heavy atom. The van der Waals surface area contributed by atoms with Gasteiger partial charge in [0.25, 0.3) is 0 Å². The lowest BCUT2D eigenvalue weighted by Gasteiger charge is -2.17. The van der Waals surface area contributed by atoms with Gasteiger partial charge >= 0.3 is 0 Å². The normalized spacial score (nSPS) is 11.4. The van der Waals surface area contributed by atoms with Crippen LogP contribution in [0.5, 0.6) is 11.5 Å². The van der Waals surface area contributed by atoms with Crippen LogP contribution in [0.25, 0.3) is 21.5 Å². The molecule has 0 bridgehead atoms. The van der Waals surface area contributed by atoms with Crippen LogP contribution < -0.4 is 9.47 Å². The zero-order valence-electron chi connectivity index (χ0n) is 27.4. The van der Waals surface area contributed by atoms with Gasteiger partial charge in [-0.1, -0.05) is 144 Å². The van der Waals surface area contributed by atoms with Crippen molar-refractivity contribution in [2.24, 2.45) is 5.41 Å². The quantitative estimate of drug-likeness (QED) is 0.0721.